The number of nitrogen functional groups attached to an aromatic ring is 1. The van der Waals surface area contributed by atoms with Crippen molar-refractivity contribution in [3.8, 4) is 28.0 Å². The van der Waals surface area contributed by atoms with Crippen LogP contribution in [0.2, 0.25) is 0 Å². The predicted octanol–water partition coefficient (Wildman–Crippen LogP) is 4.22. The topological polar surface area (TPSA) is 89.4 Å². The lowest BCUT2D eigenvalue weighted by molar-refractivity contribution is -0.384. The monoisotopic (exact) mass is 306 g/mol. The molecule has 0 spiro atoms. The van der Waals surface area contributed by atoms with Gasteiger partial charge in [0.1, 0.15) is 5.75 Å². The Hall–Kier alpha value is -3.34. The van der Waals surface area contributed by atoms with E-state index in [1.54, 1.807) is 24.3 Å². The summed E-state index contributed by atoms with van der Waals surface area (Å²) >= 11 is 0. The van der Waals surface area contributed by atoms with Crippen molar-refractivity contribution in [1.82, 2.24) is 0 Å². The molecule has 114 valence electrons. The number of rotatable bonds is 3. The highest BCUT2D eigenvalue weighted by Gasteiger charge is 2.17. The highest BCUT2D eigenvalue weighted by Crippen LogP contribution is 2.39. The standard InChI is InChI=1S/C18H14N2O3/c19-17-11-14(20(22)23)10-16(12-6-8-15(21)9-7-12)18(17)13-4-2-1-3-5-13/h1-11,21H,19H2. The van der Waals surface area contributed by atoms with Crippen LogP contribution in [-0.2, 0) is 0 Å². The Labute approximate surface area is 132 Å². The van der Waals surface area contributed by atoms with Crippen LogP contribution in [-0.4, -0.2) is 10.0 Å². The number of nitrogens with zero attached hydrogens (tertiary/aromatic N) is 1. The fourth-order valence-electron chi connectivity index (χ4n) is 2.55. The van der Waals surface area contributed by atoms with Gasteiger partial charge < -0.3 is 10.8 Å². The highest BCUT2D eigenvalue weighted by molar-refractivity contribution is 5.92. The van der Waals surface area contributed by atoms with E-state index in [1.165, 1.54) is 12.1 Å². The quantitative estimate of drug-likeness (QED) is 0.431. The van der Waals surface area contributed by atoms with Crippen LogP contribution in [0.1, 0.15) is 0 Å². The van der Waals surface area contributed by atoms with Gasteiger partial charge in [0, 0.05) is 23.4 Å². The van der Waals surface area contributed by atoms with Crippen molar-refractivity contribution < 1.29 is 10.0 Å². The van der Waals surface area contributed by atoms with Crippen LogP contribution in [0, 0.1) is 10.1 Å². The molecule has 3 N–H and O–H groups in total. The van der Waals surface area contributed by atoms with E-state index in [4.69, 9.17) is 5.73 Å². The maximum absolute atomic E-state index is 11.1. The third kappa shape index (κ3) is 2.85. The molecule has 0 aromatic heterocycles. The van der Waals surface area contributed by atoms with Crippen LogP contribution >= 0.6 is 0 Å². The van der Waals surface area contributed by atoms with Gasteiger partial charge in [0.15, 0.2) is 0 Å². The summed E-state index contributed by atoms with van der Waals surface area (Å²) < 4.78 is 0. The molecule has 0 radical (unpaired) electrons. The van der Waals surface area contributed by atoms with E-state index in [9.17, 15) is 15.2 Å². The number of benzene rings is 3. The highest BCUT2D eigenvalue weighted by atomic mass is 16.6. The molecule has 0 aliphatic heterocycles. The molecule has 0 aliphatic carbocycles. The fourth-order valence-corrected chi connectivity index (χ4v) is 2.55. The molecular weight excluding hydrogens is 292 g/mol. The SMILES string of the molecule is Nc1cc([N+](=O)[O-])cc(-c2ccc(O)cc2)c1-c1ccccc1. The predicted molar refractivity (Wildman–Crippen MR) is 90.0 cm³/mol. The Morgan fingerprint density at radius 2 is 1.57 bits per heavy atom. The molecule has 0 saturated carbocycles. The Kier molecular flexibility index (Phi) is 3.68. The van der Waals surface area contributed by atoms with Crippen molar-refractivity contribution >= 4 is 11.4 Å². The molecule has 0 unspecified atom stereocenters. The van der Waals surface area contributed by atoms with Crippen LogP contribution in [0.3, 0.4) is 0 Å². The van der Waals surface area contributed by atoms with E-state index in [0.717, 1.165) is 16.7 Å². The fraction of sp³-hybridized carbons (Fsp3) is 0. The number of phenolic OH excluding ortho intramolecular Hbond substituents is 1. The number of anilines is 1. The van der Waals surface area contributed by atoms with Crippen LogP contribution < -0.4 is 5.73 Å². The third-order valence-electron chi connectivity index (χ3n) is 3.61. The van der Waals surface area contributed by atoms with Gasteiger partial charge in [-0.15, -0.1) is 0 Å². The molecule has 0 heterocycles. The van der Waals surface area contributed by atoms with Crippen molar-refractivity contribution in [1.29, 1.82) is 0 Å². The van der Waals surface area contributed by atoms with E-state index < -0.39 is 4.92 Å². The van der Waals surface area contributed by atoms with Gasteiger partial charge in [0.25, 0.3) is 5.69 Å². The van der Waals surface area contributed by atoms with Crippen LogP contribution in [0.15, 0.2) is 66.7 Å². The summed E-state index contributed by atoms with van der Waals surface area (Å²) in [5.41, 5.74) is 9.40. The lowest BCUT2D eigenvalue weighted by Crippen LogP contribution is -1.97. The molecule has 0 aliphatic rings. The van der Waals surface area contributed by atoms with E-state index >= 15 is 0 Å². The van der Waals surface area contributed by atoms with Gasteiger partial charge in [-0.05, 0) is 28.8 Å². The largest absolute Gasteiger partial charge is 0.508 e. The molecule has 3 aromatic rings. The molecule has 0 atom stereocenters. The summed E-state index contributed by atoms with van der Waals surface area (Å²) in [5, 5.41) is 20.6. The average molecular weight is 306 g/mol. The van der Waals surface area contributed by atoms with Gasteiger partial charge >= 0.3 is 0 Å². The second kappa shape index (κ2) is 5.81. The van der Waals surface area contributed by atoms with Gasteiger partial charge in [-0.25, -0.2) is 0 Å². The Balaban J connectivity index is 2.30. The molecule has 3 rings (SSSR count). The smallest absolute Gasteiger partial charge is 0.272 e. The molecule has 0 fully saturated rings. The number of nitrogens with two attached hydrogens (primary N) is 1. The number of nitro benzene ring substituents is 1. The summed E-state index contributed by atoms with van der Waals surface area (Å²) in [6, 6.07) is 18.8. The Morgan fingerprint density at radius 1 is 0.913 bits per heavy atom. The van der Waals surface area contributed by atoms with Gasteiger partial charge in [0.05, 0.1) is 4.92 Å². The van der Waals surface area contributed by atoms with Crippen molar-refractivity contribution in [3.05, 3.63) is 76.8 Å². The van der Waals surface area contributed by atoms with Crippen molar-refractivity contribution in [3.63, 3.8) is 0 Å². The maximum Gasteiger partial charge on any atom is 0.272 e. The minimum Gasteiger partial charge on any atom is -0.508 e. The summed E-state index contributed by atoms with van der Waals surface area (Å²) in [7, 11) is 0. The van der Waals surface area contributed by atoms with Crippen molar-refractivity contribution in [2.75, 3.05) is 5.73 Å². The number of nitro groups is 1. The Morgan fingerprint density at radius 3 is 2.17 bits per heavy atom. The van der Waals surface area contributed by atoms with Crippen LogP contribution in [0.5, 0.6) is 5.75 Å². The summed E-state index contributed by atoms with van der Waals surface area (Å²) in [6.45, 7) is 0. The van der Waals surface area contributed by atoms with Crippen LogP contribution in [0.25, 0.3) is 22.3 Å². The minimum atomic E-state index is -0.463. The molecule has 0 amide bonds. The number of aromatic hydroxyl groups is 1. The Bertz CT molecular complexity index is 859. The minimum absolute atomic E-state index is 0.0646. The zero-order valence-electron chi connectivity index (χ0n) is 12.1. The van der Waals surface area contributed by atoms with Crippen LogP contribution in [0.4, 0.5) is 11.4 Å². The lowest BCUT2D eigenvalue weighted by Gasteiger charge is -2.13. The van der Waals surface area contributed by atoms with Gasteiger partial charge in [0.2, 0.25) is 0 Å². The van der Waals surface area contributed by atoms with Gasteiger partial charge in [-0.2, -0.15) is 0 Å². The number of hydrogen-bond donors (Lipinski definition) is 2. The summed E-state index contributed by atoms with van der Waals surface area (Å²) in [4.78, 5) is 10.7. The third-order valence-corrected chi connectivity index (χ3v) is 3.61. The molecule has 23 heavy (non-hydrogen) atoms. The van der Waals surface area contributed by atoms with E-state index in [-0.39, 0.29) is 11.4 Å². The van der Waals surface area contributed by atoms with Gasteiger partial charge in [-0.3, -0.25) is 10.1 Å². The normalized spacial score (nSPS) is 10.4. The second-order valence-corrected chi connectivity index (χ2v) is 5.13. The van der Waals surface area contributed by atoms with E-state index in [0.29, 0.717) is 11.3 Å². The molecule has 5 heteroatoms. The van der Waals surface area contributed by atoms with E-state index in [1.807, 2.05) is 30.3 Å². The zero-order chi connectivity index (χ0) is 16.4. The first-order valence-corrected chi connectivity index (χ1v) is 6.99. The average Bonchev–Trinajstić information content (AvgIpc) is 2.55. The molecular formula is C18H14N2O3. The van der Waals surface area contributed by atoms with Gasteiger partial charge in [-0.1, -0.05) is 42.5 Å². The lowest BCUT2D eigenvalue weighted by atomic mass is 9.92. The first-order chi connectivity index (χ1) is 11.1. The molecule has 3 aromatic carbocycles. The second-order valence-electron chi connectivity index (χ2n) is 5.13. The summed E-state index contributed by atoms with van der Waals surface area (Å²) in [6.07, 6.45) is 0. The number of phenols is 1. The maximum atomic E-state index is 11.1. The first kappa shape index (κ1) is 14.6. The number of non-ortho nitro benzene ring substituents is 1. The van der Waals surface area contributed by atoms with E-state index in [2.05, 4.69) is 0 Å². The first-order valence-electron chi connectivity index (χ1n) is 6.99. The van der Waals surface area contributed by atoms with Crippen molar-refractivity contribution in [2.45, 2.75) is 0 Å². The molecule has 0 saturated heterocycles. The zero-order valence-corrected chi connectivity index (χ0v) is 12.1. The van der Waals surface area contributed by atoms with Crippen molar-refractivity contribution in [2.24, 2.45) is 0 Å². The molecule has 5 nitrogen and oxygen atoms in total. The number of hydrogen-bond acceptors (Lipinski definition) is 4. The summed E-state index contributed by atoms with van der Waals surface area (Å²) in [5.74, 6) is 0.133. The molecule has 0 bridgehead atoms.